The number of phenols is 1. The van der Waals surface area contributed by atoms with Gasteiger partial charge >= 0.3 is 0 Å². The average Bonchev–Trinajstić information content (AvgIpc) is 2.78. The summed E-state index contributed by atoms with van der Waals surface area (Å²) in [5, 5.41) is 17.8. The molecule has 0 aliphatic carbocycles. The maximum Gasteiger partial charge on any atom is 0.250 e. The summed E-state index contributed by atoms with van der Waals surface area (Å²) in [6, 6.07) is 10.7. The number of benzene rings is 2. The zero-order valence-corrected chi connectivity index (χ0v) is 20.8. The van der Waals surface area contributed by atoms with Crippen LogP contribution < -0.4 is 15.6 Å². The number of ether oxygens (including phenoxy) is 1. The molecule has 1 fully saturated rings. The Kier molecular flexibility index (Phi) is 8.67. The van der Waals surface area contributed by atoms with Crippen LogP contribution in [0.4, 0.5) is 23.5 Å². The molecule has 3 N–H and O–H groups in total. The van der Waals surface area contributed by atoms with E-state index in [-0.39, 0.29) is 24.1 Å². The van der Waals surface area contributed by atoms with Crippen LogP contribution in [0.1, 0.15) is 11.1 Å². The summed E-state index contributed by atoms with van der Waals surface area (Å²) in [5.41, 5.74) is 5.24. The molecule has 0 saturated carbocycles. The zero-order chi connectivity index (χ0) is 22.5. The van der Waals surface area contributed by atoms with Gasteiger partial charge in [0.05, 0.1) is 25.1 Å². The van der Waals surface area contributed by atoms with Gasteiger partial charge in [-0.1, -0.05) is 17.7 Å². The minimum atomic E-state index is 0. The van der Waals surface area contributed by atoms with Crippen molar-refractivity contribution < 1.29 is 9.84 Å². The molecular weight excluding hydrogens is 533 g/mol. The number of rotatable bonds is 6. The Morgan fingerprint density at radius 3 is 2.64 bits per heavy atom. The molecule has 4 rings (SSSR count). The number of hydrogen-bond donors (Lipinski definition) is 3. The van der Waals surface area contributed by atoms with Gasteiger partial charge in [0.25, 0.3) is 0 Å². The fourth-order valence-corrected chi connectivity index (χ4v) is 3.78. The first kappa shape index (κ1) is 25.0. The second-order valence-corrected chi connectivity index (χ2v) is 8.35. The fourth-order valence-electron chi connectivity index (χ4n) is 3.01. The van der Waals surface area contributed by atoms with Gasteiger partial charge in [-0.25, -0.2) is 5.43 Å². The van der Waals surface area contributed by atoms with Crippen LogP contribution in [-0.2, 0) is 4.74 Å². The molecule has 1 aliphatic rings. The normalized spacial score (nSPS) is 13.6. The lowest BCUT2D eigenvalue weighted by Crippen LogP contribution is -2.37. The van der Waals surface area contributed by atoms with Gasteiger partial charge in [0.1, 0.15) is 5.75 Å². The van der Waals surface area contributed by atoms with Gasteiger partial charge in [0.2, 0.25) is 17.8 Å². The molecule has 0 bridgehead atoms. The Hall–Kier alpha value is -2.66. The third-order valence-corrected chi connectivity index (χ3v) is 5.54. The van der Waals surface area contributed by atoms with E-state index in [1.165, 1.54) is 12.3 Å². The highest BCUT2D eigenvalue weighted by molar-refractivity contribution is 9.10. The highest BCUT2D eigenvalue weighted by Crippen LogP contribution is 2.27. The molecule has 174 valence electrons. The standard InChI is InChI=1S/C21H21BrClN7O2.ClH/c1-13-2-4-17(16(22)10-13)25-19-26-20(28-21(27-19)30-6-8-32-9-7-30)29-24-12-14-11-15(23)3-5-18(14)31;/h2-5,10-12,31H,6-9H2,1H3,(H2,25,26,27,28,29);1H/b24-12-;. The molecule has 1 aromatic heterocycles. The van der Waals surface area contributed by atoms with E-state index in [0.717, 1.165) is 15.7 Å². The molecule has 1 saturated heterocycles. The van der Waals surface area contributed by atoms with E-state index >= 15 is 0 Å². The van der Waals surface area contributed by atoms with Crippen molar-refractivity contribution in [2.24, 2.45) is 5.10 Å². The van der Waals surface area contributed by atoms with Gasteiger partial charge in [0, 0.05) is 28.1 Å². The predicted octanol–water partition coefficient (Wildman–Crippen LogP) is 4.75. The highest BCUT2D eigenvalue weighted by Gasteiger charge is 2.17. The van der Waals surface area contributed by atoms with E-state index in [1.807, 2.05) is 30.0 Å². The average molecular weight is 555 g/mol. The van der Waals surface area contributed by atoms with Crippen LogP contribution in [0.5, 0.6) is 5.75 Å². The zero-order valence-electron chi connectivity index (χ0n) is 17.6. The van der Waals surface area contributed by atoms with Crippen LogP contribution in [0.15, 0.2) is 46.0 Å². The summed E-state index contributed by atoms with van der Waals surface area (Å²) < 4.78 is 6.33. The first-order valence-electron chi connectivity index (χ1n) is 9.87. The number of halogens is 3. The van der Waals surface area contributed by atoms with E-state index in [9.17, 15) is 5.11 Å². The third kappa shape index (κ3) is 6.67. The molecule has 1 aliphatic heterocycles. The number of nitrogens with zero attached hydrogens (tertiary/aromatic N) is 5. The van der Waals surface area contributed by atoms with Gasteiger partial charge in [0.15, 0.2) is 0 Å². The van der Waals surface area contributed by atoms with Crippen LogP contribution in [0.3, 0.4) is 0 Å². The molecule has 9 nitrogen and oxygen atoms in total. The first-order valence-corrected chi connectivity index (χ1v) is 11.0. The lowest BCUT2D eigenvalue weighted by molar-refractivity contribution is 0.122. The minimum absolute atomic E-state index is 0. The number of morpholine rings is 1. The van der Waals surface area contributed by atoms with Crippen molar-refractivity contribution in [3.05, 3.63) is 57.0 Å². The fraction of sp³-hybridized carbons (Fsp3) is 0.238. The lowest BCUT2D eigenvalue weighted by atomic mass is 10.2. The second kappa shape index (κ2) is 11.5. The first-order chi connectivity index (χ1) is 15.5. The Labute approximate surface area is 210 Å². The molecule has 0 radical (unpaired) electrons. The summed E-state index contributed by atoms with van der Waals surface area (Å²) in [7, 11) is 0. The molecule has 0 unspecified atom stereocenters. The predicted molar refractivity (Wildman–Crippen MR) is 137 cm³/mol. The Morgan fingerprint density at radius 1 is 1.12 bits per heavy atom. The van der Waals surface area contributed by atoms with Crippen molar-refractivity contribution in [3.8, 4) is 5.75 Å². The molecule has 0 atom stereocenters. The number of phenolic OH excluding ortho intramolecular Hbond substituents is 1. The Balaban J connectivity index is 0.00000306. The van der Waals surface area contributed by atoms with Crippen molar-refractivity contribution in [3.63, 3.8) is 0 Å². The van der Waals surface area contributed by atoms with Crippen LogP contribution in [0.2, 0.25) is 5.02 Å². The molecule has 2 heterocycles. The molecule has 0 spiro atoms. The summed E-state index contributed by atoms with van der Waals surface area (Å²) in [5.74, 6) is 1.20. The van der Waals surface area contributed by atoms with E-state index in [2.05, 4.69) is 46.7 Å². The SMILES string of the molecule is Cc1ccc(Nc2nc(N/N=C\c3cc(Cl)ccc3O)nc(N3CCOCC3)n2)c(Br)c1.Cl. The van der Waals surface area contributed by atoms with Crippen LogP contribution in [0.25, 0.3) is 0 Å². The summed E-state index contributed by atoms with van der Waals surface area (Å²) in [6.45, 7) is 4.58. The maximum absolute atomic E-state index is 9.95. The summed E-state index contributed by atoms with van der Waals surface area (Å²) in [4.78, 5) is 15.5. The van der Waals surface area contributed by atoms with E-state index in [1.54, 1.807) is 12.1 Å². The number of aromatic hydroxyl groups is 1. The largest absolute Gasteiger partial charge is 0.507 e. The maximum atomic E-state index is 9.95. The van der Waals surface area contributed by atoms with E-state index in [4.69, 9.17) is 16.3 Å². The van der Waals surface area contributed by atoms with Crippen molar-refractivity contribution in [1.82, 2.24) is 15.0 Å². The molecule has 0 amide bonds. The monoisotopic (exact) mass is 553 g/mol. The van der Waals surface area contributed by atoms with E-state index < -0.39 is 0 Å². The van der Waals surface area contributed by atoms with Crippen molar-refractivity contribution in [2.45, 2.75) is 6.92 Å². The molecule has 33 heavy (non-hydrogen) atoms. The van der Waals surface area contributed by atoms with Gasteiger partial charge in [-0.3, -0.25) is 0 Å². The van der Waals surface area contributed by atoms with E-state index in [0.29, 0.717) is 48.8 Å². The van der Waals surface area contributed by atoms with Gasteiger partial charge in [-0.2, -0.15) is 20.1 Å². The summed E-state index contributed by atoms with van der Waals surface area (Å²) >= 11 is 9.55. The molecule has 3 aromatic rings. The quantitative estimate of drug-likeness (QED) is 0.296. The van der Waals surface area contributed by atoms with Crippen molar-refractivity contribution in [2.75, 3.05) is 41.9 Å². The number of aromatic nitrogens is 3. The Bertz CT molecular complexity index is 1140. The molecule has 12 heteroatoms. The van der Waals surface area contributed by atoms with Crippen LogP contribution in [0, 0.1) is 6.92 Å². The summed E-state index contributed by atoms with van der Waals surface area (Å²) in [6.07, 6.45) is 1.45. The minimum Gasteiger partial charge on any atom is -0.507 e. The number of aryl methyl sites for hydroxylation is 1. The highest BCUT2D eigenvalue weighted by atomic mass is 79.9. The lowest BCUT2D eigenvalue weighted by Gasteiger charge is -2.27. The number of hydrogen-bond acceptors (Lipinski definition) is 9. The molecular formula is C21H22BrCl2N7O2. The smallest absolute Gasteiger partial charge is 0.250 e. The molecule has 2 aromatic carbocycles. The second-order valence-electron chi connectivity index (χ2n) is 7.06. The van der Waals surface area contributed by atoms with Gasteiger partial charge < -0.3 is 20.1 Å². The van der Waals surface area contributed by atoms with Gasteiger partial charge in [-0.15, -0.1) is 12.4 Å². The topological polar surface area (TPSA) is 108 Å². The van der Waals surface area contributed by atoms with Gasteiger partial charge in [-0.05, 0) is 58.7 Å². The number of anilines is 4. The van der Waals surface area contributed by atoms with Crippen LogP contribution >= 0.6 is 39.9 Å². The third-order valence-electron chi connectivity index (χ3n) is 4.65. The van der Waals surface area contributed by atoms with Crippen molar-refractivity contribution >= 4 is 69.7 Å². The van der Waals surface area contributed by atoms with Crippen molar-refractivity contribution in [1.29, 1.82) is 0 Å². The number of hydrazone groups is 1. The number of nitrogens with one attached hydrogen (secondary N) is 2. The Morgan fingerprint density at radius 2 is 1.88 bits per heavy atom. The van der Waals surface area contributed by atoms with Crippen LogP contribution in [-0.4, -0.2) is 52.6 Å².